The third-order valence-corrected chi connectivity index (χ3v) is 5.55. The second-order valence-electron chi connectivity index (χ2n) is 8.38. The molecule has 3 rings (SSSR count). The fourth-order valence-corrected chi connectivity index (χ4v) is 3.68. The largest absolute Gasteiger partial charge is 0.491 e. The Hall–Kier alpha value is -2.66. The molecule has 1 unspecified atom stereocenters. The van der Waals surface area contributed by atoms with E-state index in [1.807, 2.05) is 99.6 Å². The van der Waals surface area contributed by atoms with Gasteiger partial charge in [-0.3, -0.25) is 0 Å². The van der Waals surface area contributed by atoms with Gasteiger partial charge in [0.25, 0.3) is 0 Å². The average molecular weight is 420 g/mol. The summed E-state index contributed by atoms with van der Waals surface area (Å²) in [6, 6.07) is 25.5. The zero-order valence-electron chi connectivity index (χ0n) is 18.6. The summed E-state index contributed by atoms with van der Waals surface area (Å²) in [4.78, 5) is 0. The van der Waals surface area contributed by atoms with E-state index in [-0.39, 0.29) is 12.6 Å². The Balaban J connectivity index is 1.64. The van der Waals surface area contributed by atoms with Crippen LogP contribution in [-0.2, 0) is 5.60 Å². The average Bonchev–Trinajstić information content (AvgIpc) is 2.77. The molecular formula is C27H33NO3. The summed E-state index contributed by atoms with van der Waals surface area (Å²) in [6.07, 6.45) is -0.166. The Kier molecular flexibility index (Phi) is 7.85. The first-order valence-corrected chi connectivity index (χ1v) is 10.8. The van der Waals surface area contributed by atoms with E-state index in [2.05, 4.69) is 5.32 Å². The maximum atomic E-state index is 11.8. The minimum absolute atomic E-state index is 0.0287. The van der Waals surface area contributed by atoms with Crippen LogP contribution in [0.2, 0.25) is 0 Å². The number of rotatable bonds is 10. The first-order valence-electron chi connectivity index (χ1n) is 10.8. The van der Waals surface area contributed by atoms with Gasteiger partial charge in [-0.05, 0) is 50.5 Å². The molecule has 3 aromatic rings. The topological polar surface area (TPSA) is 61.7 Å². The van der Waals surface area contributed by atoms with Gasteiger partial charge in [0.15, 0.2) is 0 Å². The quantitative estimate of drug-likeness (QED) is 0.457. The van der Waals surface area contributed by atoms with Crippen LogP contribution in [0, 0.1) is 13.8 Å². The van der Waals surface area contributed by atoms with Crippen molar-refractivity contribution in [1.29, 1.82) is 0 Å². The molecule has 0 spiro atoms. The van der Waals surface area contributed by atoms with Crippen LogP contribution in [-0.4, -0.2) is 35.5 Å². The molecule has 0 heterocycles. The van der Waals surface area contributed by atoms with E-state index in [0.717, 1.165) is 28.0 Å². The number of hydrogen-bond donors (Lipinski definition) is 3. The number of para-hydroxylation sites is 1. The van der Waals surface area contributed by atoms with Crippen LogP contribution < -0.4 is 10.1 Å². The Morgan fingerprint density at radius 3 is 1.87 bits per heavy atom. The zero-order valence-corrected chi connectivity index (χ0v) is 18.6. The number of nitrogens with one attached hydrogen (secondary N) is 1. The van der Waals surface area contributed by atoms with Crippen molar-refractivity contribution in [3.05, 3.63) is 101 Å². The second kappa shape index (κ2) is 10.6. The van der Waals surface area contributed by atoms with Crippen LogP contribution in [0.5, 0.6) is 5.75 Å². The van der Waals surface area contributed by atoms with Gasteiger partial charge < -0.3 is 20.3 Å². The van der Waals surface area contributed by atoms with Gasteiger partial charge in [0.2, 0.25) is 0 Å². The molecule has 4 nitrogen and oxygen atoms in total. The van der Waals surface area contributed by atoms with Crippen molar-refractivity contribution >= 4 is 0 Å². The third-order valence-electron chi connectivity index (χ3n) is 5.55. The summed E-state index contributed by atoms with van der Waals surface area (Å²) in [5.41, 5.74) is 2.91. The van der Waals surface area contributed by atoms with E-state index in [1.165, 1.54) is 0 Å². The van der Waals surface area contributed by atoms with Crippen molar-refractivity contribution in [2.24, 2.45) is 0 Å². The van der Waals surface area contributed by atoms with E-state index in [9.17, 15) is 10.2 Å². The van der Waals surface area contributed by atoms with Crippen molar-refractivity contribution in [2.75, 3.05) is 13.2 Å². The van der Waals surface area contributed by atoms with Gasteiger partial charge >= 0.3 is 0 Å². The fourth-order valence-electron chi connectivity index (χ4n) is 3.68. The lowest BCUT2D eigenvalue weighted by atomic mass is 9.81. The minimum atomic E-state index is -1.13. The summed E-state index contributed by atoms with van der Waals surface area (Å²) < 4.78 is 5.62. The smallest absolute Gasteiger partial charge is 0.119 e. The van der Waals surface area contributed by atoms with E-state index < -0.39 is 11.7 Å². The maximum Gasteiger partial charge on any atom is 0.119 e. The molecule has 0 saturated carbocycles. The normalized spacial score (nSPS) is 13.6. The lowest BCUT2D eigenvalue weighted by Gasteiger charge is -2.33. The van der Waals surface area contributed by atoms with Crippen LogP contribution in [0.1, 0.15) is 35.6 Å². The molecule has 0 radical (unpaired) electrons. The first kappa shape index (κ1) is 23.0. The van der Waals surface area contributed by atoms with Crippen molar-refractivity contribution < 1.29 is 14.9 Å². The van der Waals surface area contributed by atoms with Crippen LogP contribution in [0.3, 0.4) is 0 Å². The van der Waals surface area contributed by atoms with Gasteiger partial charge in [-0.2, -0.15) is 0 Å². The molecule has 3 aromatic carbocycles. The Morgan fingerprint density at radius 2 is 1.35 bits per heavy atom. The third kappa shape index (κ3) is 6.41. The van der Waals surface area contributed by atoms with Crippen LogP contribution >= 0.6 is 0 Å². The summed E-state index contributed by atoms with van der Waals surface area (Å²) in [5.74, 6) is 0.739. The molecule has 31 heavy (non-hydrogen) atoms. The fraction of sp³-hybridized carbons (Fsp3) is 0.333. The highest BCUT2D eigenvalue weighted by atomic mass is 16.5. The Bertz CT molecular complexity index is 877. The van der Waals surface area contributed by atoms with Crippen molar-refractivity contribution in [1.82, 2.24) is 5.32 Å². The summed E-state index contributed by atoms with van der Waals surface area (Å²) in [7, 11) is 0. The molecule has 164 valence electrons. The molecule has 0 aliphatic rings. The maximum absolute atomic E-state index is 11.8. The Morgan fingerprint density at radius 1 is 0.839 bits per heavy atom. The molecule has 0 amide bonds. The molecule has 0 aliphatic heterocycles. The van der Waals surface area contributed by atoms with Gasteiger partial charge in [0, 0.05) is 12.6 Å². The highest BCUT2D eigenvalue weighted by Gasteiger charge is 2.33. The predicted molar refractivity (Wildman–Crippen MR) is 125 cm³/mol. The van der Waals surface area contributed by atoms with Crippen molar-refractivity contribution in [3.8, 4) is 5.75 Å². The van der Waals surface area contributed by atoms with Crippen molar-refractivity contribution in [3.63, 3.8) is 0 Å². The van der Waals surface area contributed by atoms with E-state index in [1.54, 1.807) is 0 Å². The first-order chi connectivity index (χ1) is 14.9. The molecule has 0 aromatic heterocycles. The highest BCUT2D eigenvalue weighted by Crippen LogP contribution is 2.34. The van der Waals surface area contributed by atoms with Gasteiger partial charge in [0.05, 0.1) is 0 Å². The molecule has 0 saturated heterocycles. The van der Waals surface area contributed by atoms with E-state index in [0.29, 0.717) is 13.0 Å². The van der Waals surface area contributed by atoms with Gasteiger partial charge in [0.1, 0.15) is 24.1 Å². The number of ether oxygens (including phenoxy) is 1. The van der Waals surface area contributed by atoms with Crippen LogP contribution in [0.15, 0.2) is 78.9 Å². The van der Waals surface area contributed by atoms with Crippen molar-refractivity contribution in [2.45, 2.75) is 44.9 Å². The zero-order chi connectivity index (χ0) is 22.3. The SMILES string of the molecule is Cc1ccc(C(O)(CC(C)NC[C@H](O)COc2ccccc2)c2ccc(C)cc2)cc1. The Labute approximate surface area is 185 Å². The number of benzene rings is 3. The molecule has 4 heteroatoms. The number of hydrogen-bond acceptors (Lipinski definition) is 4. The van der Waals surface area contributed by atoms with Gasteiger partial charge in [-0.25, -0.2) is 0 Å². The van der Waals surface area contributed by atoms with E-state index >= 15 is 0 Å². The molecule has 2 atom stereocenters. The molecule has 0 fully saturated rings. The highest BCUT2D eigenvalue weighted by molar-refractivity contribution is 5.38. The van der Waals surface area contributed by atoms with Gasteiger partial charge in [-0.1, -0.05) is 77.9 Å². The number of aliphatic hydroxyl groups is 2. The number of aliphatic hydroxyl groups excluding tert-OH is 1. The minimum Gasteiger partial charge on any atom is -0.491 e. The molecule has 3 N–H and O–H groups in total. The van der Waals surface area contributed by atoms with E-state index in [4.69, 9.17) is 4.74 Å². The molecule has 0 aliphatic carbocycles. The standard InChI is InChI=1S/C27H33NO3/c1-20-9-13-23(14-10-20)27(30,24-15-11-21(2)12-16-24)17-22(3)28-18-25(29)19-31-26-7-5-4-6-8-26/h4-16,22,25,28-30H,17-19H2,1-3H3/t22?,25-/m0/s1. The second-order valence-corrected chi connectivity index (χ2v) is 8.38. The lowest BCUT2D eigenvalue weighted by molar-refractivity contribution is 0.0557. The summed E-state index contributed by atoms with van der Waals surface area (Å²) in [6.45, 7) is 6.70. The van der Waals surface area contributed by atoms with Gasteiger partial charge in [-0.15, -0.1) is 0 Å². The predicted octanol–water partition coefficient (Wildman–Crippen LogP) is 4.35. The van der Waals surface area contributed by atoms with Crippen LogP contribution in [0.25, 0.3) is 0 Å². The molecule has 0 bridgehead atoms. The lowest BCUT2D eigenvalue weighted by Crippen LogP contribution is -2.41. The summed E-state index contributed by atoms with van der Waals surface area (Å²) in [5, 5.41) is 25.4. The number of aryl methyl sites for hydroxylation is 2. The summed E-state index contributed by atoms with van der Waals surface area (Å²) >= 11 is 0. The monoisotopic (exact) mass is 419 g/mol. The molecular weight excluding hydrogens is 386 g/mol. The van der Waals surface area contributed by atoms with Crippen LogP contribution in [0.4, 0.5) is 0 Å².